The average molecular weight is 322 g/mol. The number of thiol groups is 1. The standard InChI is InChI=1S/C14H12BrNOS/c1-9-7-11(5-6-13(9)15)16-14(17)10-3-2-4-12(18)8-10/h2-8,18H,1H3,(H,16,17). The second kappa shape index (κ2) is 5.59. The third-order valence-corrected chi connectivity index (χ3v) is 3.69. The van der Waals surface area contributed by atoms with Gasteiger partial charge in [0.05, 0.1) is 0 Å². The van der Waals surface area contributed by atoms with Crippen LogP contribution in [0.3, 0.4) is 0 Å². The van der Waals surface area contributed by atoms with Crippen LogP contribution in [0, 0.1) is 6.92 Å². The van der Waals surface area contributed by atoms with E-state index in [2.05, 4.69) is 33.9 Å². The monoisotopic (exact) mass is 321 g/mol. The first kappa shape index (κ1) is 13.2. The number of benzene rings is 2. The molecule has 0 radical (unpaired) electrons. The SMILES string of the molecule is Cc1cc(NC(=O)c2cccc(S)c2)ccc1Br. The molecule has 0 fully saturated rings. The molecule has 18 heavy (non-hydrogen) atoms. The van der Waals surface area contributed by atoms with E-state index in [1.807, 2.05) is 37.3 Å². The zero-order valence-electron chi connectivity index (χ0n) is 9.77. The molecule has 1 N–H and O–H groups in total. The van der Waals surface area contributed by atoms with Crippen LogP contribution in [0.2, 0.25) is 0 Å². The van der Waals surface area contributed by atoms with Crippen molar-refractivity contribution in [3.8, 4) is 0 Å². The molecule has 2 nitrogen and oxygen atoms in total. The van der Waals surface area contributed by atoms with Gasteiger partial charge in [-0.15, -0.1) is 12.6 Å². The Labute approximate surface area is 120 Å². The van der Waals surface area contributed by atoms with Gasteiger partial charge in [-0.25, -0.2) is 0 Å². The minimum Gasteiger partial charge on any atom is -0.322 e. The smallest absolute Gasteiger partial charge is 0.255 e. The lowest BCUT2D eigenvalue weighted by atomic mass is 10.2. The largest absolute Gasteiger partial charge is 0.322 e. The van der Waals surface area contributed by atoms with Gasteiger partial charge in [-0.2, -0.15) is 0 Å². The molecule has 0 saturated heterocycles. The van der Waals surface area contributed by atoms with E-state index in [0.29, 0.717) is 5.56 Å². The Hall–Kier alpha value is -1.26. The molecule has 4 heteroatoms. The van der Waals surface area contributed by atoms with Crippen molar-refractivity contribution in [3.63, 3.8) is 0 Å². The van der Waals surface area contributed by atoms with E-state index in [-0.39, 0.29) is 5.91 Å². The molecule has 0 unspecified atom stereocenters. The van der Waals surface area contributed by atoms with Gasteiger partial charge < -0.3 is 5.32 Å². The van der Waals surface area contributed by atoms with Gasteiger partial charge >= 0.3 is 0 Å². The molecular formula is C14H12BrNOS. The fraction of sp³-hybridized carbons (Fsp3) is 0.0714. The van der Waals surface area contributed by atoms with Crippen molar-refractivity contribution in [2.45, 2.75) is 11.8 Å². The summed E-state index contributed by atoms with van der Waals surface area (Å²) in [6, 6.07) is 12.9. The average Bonchev–Trinajstić information content (AvgIpc) is 2.34. The van der Waals surface area contributed by atoms with E-state index in [0.717, 1.165) is 20.6 Å². The van der Waals surface area contributed by atoms with E-state index in [1.165, 1.54) is 0 Å². The first-order valence-corrected chi connectivity index (χ1v) is 6.67. The van der Waals surface area contributed by atoms with Crippen LogP contribution in [0.25, 0.3) is 0 Å². The molecule has 0 heterocycles. The Morgan fingerprint density at radius 2 is 2.00 bits per heavy atom. The van der Waals surface area contributed by atoms with Crippen LogP contribution in [-0.2, 0) is 0 Å². The molecule has 0 spiro atoms. The molecular weight excluding hydrogens is 310 g/mol. The molecule has 0 aliphatic carbocycles. The maximum atomic E-state index is 12.0. The highest BCUT2D eigenvalue weighted by molar-refractivity contribution is 9.10. The van der Waals surface area contributed by atoms with Gasteiger partial charge in [-0.3, -0.25) is 4.79 Å². The maximum absolute atomic E-state index is 12.0. The number of hydrogen-bond donors (Lipinski definition) is 2. The fourth-order valence-corrected chi connectivity index (χ4v) is 2.04. The van der Waals surface area contributed by atoms with Crippen molar-refractivity contribution >= 4 is 40.2 Å². The predicted molar refractivity (Wildman–Crippen MR) is 80.5 cm³/mol. The lowest BCUT2D eigenvalue weighted by Gasteiger charge is -2.07. The number of aryl methyl sites for hydroxylation is 1. The summed E-state index contributed by atoms with van der Waals surface area (Å²) in [6.45, 7) is 1.98. The van der Waals surface area contributed by atoms with Crippen LogP contribution in [0.15, 0.2) is 51.8 Å². The van der Waals surface area contributed by atoms with Crippen molar-refractivity contribution in [1.82, 2.24) is 0 Å². The van der Waals surface area contributed by atoms with Crippen LogP contribution in [-0.4, -0.2) is 5.91 Å². The van der Waals surface area contributed by atoms with Crippen LogP contribution < -0.4 is 5.32 Å². The number of carbonyl (C=O) groups excluding carboxylic acids is 1. The number of rotatable bonds is 2. The van der Waals surface area contributed by atoms with E-state index >= 15 is 0 Å². The third kappa shape index (κ3) is 3.15. The molecule has 2 aromatic carbocycles. The Morgan fingerprint density at radius 1 is 1.22 bits per heavy atom. The molecule has 1 amide bonds. The summed E-state index contributed by atoms with van der Waals surface area (Å²) in [6.07, 6.45) is 0. The number of carbonyl (C=O) groups is 1. The lowest BCUT2D eigenvalue weighted by Crippen LogP contribution is -2.11. The molecule has 2 rings (SSSR count). The summed E-state index contributed by atoms with van der Waals surface area (Å²) in [5.41, 5.74) is 2.46. The first-order valence-electron chi connectivity index (χ1n) is 5.43. The second-order valence-electron chi connectivity index (χ2n) is 3.97. The zero-order valence-corrected chi connectivity index (χ0v) is 12.3. The van der Waals surface area contributed by atoms with Crippen molar-refractivity contribution < 1.29 is 4.79 Å². The normalized spacial score (nSPS) is 10.2. The maximum Gasteiger partial charge on any atom is 0.255 e. The van der Waals surface area contributed by atoms with Gasteiger partial charge in [0.2, 0.25) is 0 Å². The Bertz CT molecular complexity index is 598. The molecule has 0 bridgehead atoms. The summed E-state index contributed by atoms with van der Waals surface area (Å²) in [7, 11) is 0. The van der Waals surface area contributed by atoms with Gasteiger partial charge in [-0.05, 0) is 48.9 Å². The van der Waals surface area contributed by atoms with Gasteiger partial charge in [0.15, 0.2) is 0 Å². The van der Waals surface area contributed by atoms with Crippen molar-refractivity contribution in [3.05, 3.63) is 58.1 Å². The van der Waals surface area contributed by atoms with Crippen molar-refractivity contribution in [2.75, 3.05) is 5.32 Å². The van der Waals surface area contributed by atoms with Crippen LogP contribution in [0.4, 0.5) is 5.69 Å². The Morgan fingerprint density at radius 3 is 2.67 bits per heavy atom. The summed E-state index contributed by atoms with van der Waals surface area (Å²) in [5.74, 6) is -0.132. The van der Waals surface area contributed by atoms with Gasteiger partial charge in [0.1, 0.15) is 0 Å². The fourth-order valence-electron chi connectivity index (χ4n) is 1.57. The van der Waals surface area contributed by atoms with Gasteiger partial charge in [0, 0.05) is 20.6 Å². The highest BCUT2D eigenvalue weighted by Crippen LogP contribution is 2.20. The van der Waals surface area contributed by atoms with E-state index in [4.69, 9.17) is 0 Å². The van der Waals surface area contributed by atoms with Crippen molar-refractivity contribution in [1.29, 1.82) is 0 Å². The number of amides is 1. The van der Waals surface area contributed by atoms with Crippen molar-refractivity contribution in [2.24, 2.45) is 0 Å². The Kier molecular flexibility index (Phi) is 4.09. The topological polar surface area (TPSA) is 29.1 Å². The first-order chi connectivity index (χ1) is 8.56. The minimum atomic E-state index is -0.132. The minimum absolute atomic E-state index is 0.132. The highest BCUT2D eigenvalue weighted by atomic mass is 79.9. The quantitative estimate of drug-likeness (QED) is 0.793. The molecule has 92 valence electrons. The number of hydrogen-bond acceptors (Lipinski definition) is 2. The number of halogens is 1. The molecule has 0 aliphatic heterocycles. The summed E-state index contributed by atoms with van der Waals surface area (Å²) < 4.78 is 1.03. The zero-order chi connectivity index (χ0) is 13.1. The summed E-state index contributed by atoms with van der Waals surface area (Å²) in [5, 5.41) is 2.86. The molecule has 0 saturated carbocycles. The molecule has 2 aromatic rings. The molecule has 0 aliphatic rings. The summed E-state index contributed by atoms with van der Waals surface area (Å²) in [4.78, 5) is 12.8. The van der Waals surface area contributed by atoms with Crippen LogP contribution in [0.5, 0.6) is 0 Å². The highest BCUT2D eigenvalue weighted by Gasteiger charge is 2.06. The second-order valence-corrected chi connectivity index (χ2v) is 5.34. The van der Waals surface area contributed by atoms with Crippen LogP contribution in [0.1, 0.15) is 15.9 Å². The molecule has 0 aromatic heterocycles. The van der Waals surface area contributed by atoms with E-state index < -0.39 is 0 Å². The van der Waals surface area contributed by atoms with E-state index in [9.17, 15) is 4.79 Å². The van der Waals surface area contributed by atoms with E-state index in [1.54, 1.807) is 12.1 Å². The predicted octanol–water partition coefficient (Wildman–Crippen LogP) is 4.30. The van der Waals surface area contributed by atoms with Gasteiger partial charge in [0.25, 0.3) is 5.91 Å². The van der Waals surface area contributed by atoms with Crippen LogP contribution >= 0.6 is 28.6 Å². The number of anilines is 1. The number of nitrogens with one attached hydrogen (secondary N) is 1. The third-order valence-electron chi connectivity index (χ3n) is 2.52. The molecule has 0 atom stereocenters. The Balaban J connectivity index is 2.18. The lowest BCUT2D eigenvalue weighted by molar-refractivity contribution is 0.102. The van der Waals surface area contributed by atoms with Gasteiger partial charge in [-0.1, -0.05) is 22.0 Å². The summed E-state index contributed by atoms with van der Waals surface area (Å²) >= 11 is 7.65.